The standard InChI is InChI=1S/C10H4BrF3O5S.C2H6/c11-5-1-2-6-7(3-5)18-9(15)4-8(6)19-20(16,17)10(12,13)14;1-2/h1-4H;1-2H3. The molecule has 1 heterocycles. The van der Waals surface area contributed by atoms with E-state index >= 15 is 0 Å². The first-order valence-electron chi connectivity index (χ1n) is 5.84. The minimum atomic E-state index is -5.86. The van der Waals surface area contributed by atoms with Crippen LogP contribution in [0, 0.1) is 0 Å². The van der Waals surface area contributed by atoms with E-state index in [1.807, 2.05) is 13.8 Å². The van der Waals surface area contributed by atoms with Crippen molar-refractivity contribution in [1.82, 2.24) is 0 Å². The average molecular weight is 403 g/mol. The van der Waals surface area contributed by atoms with Crippen LogP contribution >= 0.6 is 15.9 Å². The van der Waals surface area contributed by atoms with Crippen LogP contribution < -0.4 is 9.81 Å². The topological polar surface area (TPSA) is 73.6 Å². The fourth-order valence-corrected chi connectivity index (χ4v) is 2.15. The lowest BCUT2D eigenvalue weighted by Crippen LogP contribution is -2.28. The Hall–Kier alpha value is -1.55. The molecule has 0 aliphatic heterocycles. The Kier molecular flexibility index (Phi) is 5.63. The summed E-state index contributed by atoms with van der Waals surface area (Å²) in [6.45, 7) is 4.00. The number of alkyl halides is 3. The van der Waals surface area contributed by atoms with Crippen molar-refractivity contribution in [2.45, 2.75) is 19.4 Å². The van der Waals surface area contributed by atoms with Crippen molar-refractivity contribution < 1.29 is 30.2 Å². The molecule has 0 spiro atoms. The van der Waals surface area contributed by atoms with E-state index in [4.69, 9.17) is 4.42 Å². The Balaban J connectivity index is 0.00000116. The summed E-state index contributed by atoms with van der Waals surface area (Å²) in [4.78, 5) is 11.2. The highest BCUT2D eigenvalue weighted by molar-refractivity contribution is 9.10. The van der Waals surface area contributed by atoms with Crippen LogP contribution in [-0.2, 0) is 10.1 Å². The van der Waals surface area contributed by atoms with Gasteiger partial charge in [-0.05, 0) is 18.2 Å². The molecule has 0 saturated carbocycles. The number of hydrogen-bond donors (Lipinski definition) is 0. The van der Waals surface area contributed by atoms with Gasteiger partial charge < -0.3 is 8.60 Å². The number of rotatable bonds is 2. The van der Waals surface area contributed by atoms with Gasteiger partial charge in [0.25, 0.3) is 0 Å². The molecule has 1 aromatic heterocycles. The lowest BCUT2D eigenvalue weighted by Gasteiger charge is -2.10. The van der Waals surface area contributed by atoms with E-state index in [0.29, 0.717) is 10.5 Å². The van der Waals surface area contributed by atoms with Gasteiger partial charge in [-0.25, -0.2) is 4.79 Å². The molecule has 22 heavy (non-hydrogen) atoms. The molecule has 0 aliphatic rings. The van der Waals surface area contributed by atoms with E-state index in [1.165, 1.54) is 18.2 Å². The van der Waals surface area contributed by atoms with E-state index in [2.05, 4.69) is 20.1 Å². The highest BCUT2D eigenvalue weighted by Gasteiger charge is 2.48. The van der Waals surface area contributed by atoms with Gasteiger partial charge in [-0.15, -0.1) is 0 Å². The summed E-state index contributed by atoms with van der Waals surface area (Å²) in [6, 6.07) is 4.50. The van der Waals surface area contributed by atoms with Crippen LogP contribution in [0.1, 0.15) is 13.8 Å². The summed E-state index contributed by atoms with van der Waals surface area (Å²) in [7, 11) is -5.86. The van der Waals surface area contributed by atoms with Gasteiger partial charge in [0.1, 0.15) is 5.58 Å². The van der Waals surface area contributed by atoms with Crippen LogP contribution in [0.4, 0.5) is 13.2 Å². The second-order valence-corrected chi connectivity index (χ2v) is 6.01. The minimum absolute atomic E-state index is 0.0828. The third-order valence-electron chi connectivity index (χ3n) is 2.15. The van der Waals surface area contributed by atoms with Gasteiger partial charge in [0.15, 0.2) is 5.75 Å². The van der Waals surface area contributed by atoms with Gasteiger partial charge in [0, 0.05) is 4.47 Å². The Morgan fingerprint density at radius 1 is 1.18 bits per heavy atom. The fraction of sp³-hybridized carbons (Fsp3) is 0.250. The van der Waals surface area contributed by atoms with Gasteiger partial charge in [-0.2, -0.15) is 21.6 Å². The minimum Gasteiger partial charge on any atom is -0.422 e. The van der Waals surface area contributed by atoms with Crippen LogP contribution in [0.2, 0.25) is 0 Å². The number of halogens is 4. The zero-order chi connectivity index (χ0) is 17.1. The summed E-state index contributed by atoms with van der Waals surface area (Å²) in [5, 5.41) is -0.0828. The molecule has 0 N–H and O–H groups in total. The van der Waals surface area contributed by atoms with Crippen molar-refractivity contribution in [3.8, 4) is 5.75 Å². The molecule has 0 saturated heterocycles. The van der Waals surface area contributed by atoms with Gasteiger partial charge in [-0.1, -0.05) is 29.8 Å². The van der Waals surface area contributed by atoms with Crippen LogP contribution in [0.15, 0.2) is 37.9 Å². The molecule has 0 radical (unpaired) electrons. The van der Waals surface area contributed by atoms with E-state index in [0.717, 1.165) is 0 Å². The maximum absolute atomic E-state index is 12.3. The lowest BCUT2D eigenvalue weighted by atomic mass is 10.2. The zero-order valence-electron chi connectivity index (χ0n) is 11.3. The molecule has 0 atom stereocenters. The summed E-state index contributed by atoms with van der Waals surface area (Å²) in [5.74, 6) is -0.749. The molecule has 5 nitrogen and oxygen atoms in total. The van der Waals surface area contributed by atoms with Crippen molar-refractivity contribution in [2.75, 3.05) is 0 Å². The molecule has 2 aromatic rings. The molecule has 1 aromatic carbocycles. The van der Waals surface area contributed by atoms with Gasteiger partial charge in [0.05, 0.1) is 11.5 Å². The Morgan fingerprint density at radius 2 is 1.77 bits per heavy atom. The van der Waals surface area contributed by atoms with E-state index in [9.17, 15) is 26.4 Å². The molecule has 0 unspecified atom stereocenters. The highest BCUT2D eigenvalue weighted by Crippen LogP contribution is 2.31. The van der Waals surface area contributed by atoms with Crippen LogP contribution in [0.3, 0.4) is 0 Å². The van der Waals surface area contributed by atoms with E-state index < -0.39 is 27.0 Å². The summed E-state index contributed by atoms with van der Waals surface area (Å²) in [6.07, 6.45) is 0. The normalized spacial score (nSPS) is 11.7. The second kappa shape index (κ2) is 6.69. The largest absolute Gasteiger partial charge is 0.534 e. The molecule has 0 amide bonds. The first-order valence-corrected chi connectivity index (χ1v) is 8.04. The van der Waals surface area contributed by atoms with Crippen molar-refractivity contribution in [3.05, 3.63) is 39.2 Å². The zero-order valence-corrected chi connectivity index (χ0v) is 13.7. The third kappa shape index (κ3) is 4.01. The van der Waals surface area contributed by atoms with Gasteiger partial charge in [0.2, 0.25) is 0 Å². The smallest absolute Gasteiger partial charge is 0.422 e. The molecule has 0 bridgehead atoms. The van der Waals surface area contributed by atoms with Crippen LogP contribution in [-0.4, -0.2) is 13.9 Å². The van der Waals surface area contributed by atoms with Gasteiger partial charge in [-0.3, -0.25) is 0 Å². The Morgan fingerprint density at radius 3 is 2.32 bits per heavy atom. The first-order chi connectivity index (χ1) is 10.1. The van der Waals surface area contributed by atoms with Crippen molar-refractivity contribution >= 4 is 37.0 Å². The van der Waals surface area contributed by atoms with Crippen molar-refractivity contribution in [2.24, 2.45) is 0 Å². The number of hydrogen-bond acceptors (Lipinski definition) is 5. The number of fused-ring (bicyclic) bond motifs is 1. The molecular formula is C12H10BrF3O5S. The predicted octanol–water partition coefficient (Wildman–Crippen LogP) is 3.81. The summed E-state index contributed by atoms with van der Waals surface area (Å²) in [5.41, 5.74) is -6.74. The summed E-state index contributed by atoms with van der Waals surface area (Å²) < 4.78 is 67.9. The number of benzene rings is 1. The second-order valence-electron chi connectivity index (χ2n) is 3.55. The predicted molar refractivity (Wildman–Crippen MR) is 77.1 cm³/mol. The molecule has 10 heteroatoms. The first kappa shape index (κ1) is 18.5. The van der Waals surface area contributed by atoms with Crippen LogP contribution in [0.25, 0.3) is 11.0 Å². The lowest BCUT2D eigenvalue weighted by molar-refractivity contribution is -0.0499. The van der Waals surface area contributed by atoms with Crippen molar-refractivity contribution in [1.29, 1.82) is 0 Å². The maximum Gasteiger partial charge on any atom is 0.534 e. The maximum atomic E-state index is 12.3. The quantitative estimate of drug-likeness (QED) is 0.433. The molecule has 0 aliphatic carbocycles. The fourth-order valence-electron chi connectivity index (χ4n) is 1.34. The van der Waals surface area contributed by atoms with Crippen molar-refractivity contribution in [3.63, 3.8) is 0 Å². The molecule has 122 valence electrons. The SMILES string of the molecule is CC.O=c1cc(OS(=O)(=O)C(F)(F)F)c2ccc(Br)cc2o1. The van der Waals surface area contributed by atoms with Crippen LogP contribution in [0.5, 0.6) is 5.75 Å². The van der Waals surface area contributed by atoms with E-state index in [-0.39, 0.29) is 11.0 Å². The van der Waals surface area contributed by atoms with E-state index in [1.54, 1.807) is 0 Å². The molecule has 2 rings (SSSR count). The Labute approximate surface area is 131 Å². The molecular weight excluding hydrogens is 393 g/mol. The van der Waals surface area contributed by atoms with Gasteiger partial charge >= 0.3 is 21.3 Å². The third-order valence-corrected chi connectivity index (χ3v) is 3.61. The molecule has 0 fully saturated rings. The highest BCUT2D eigenvalue weighted by atomic mass is 79.9. The monoisotopic (exact) mass is 402 g/mol. The summed E-state index contributed by atoms with van der Waals surface area (Å²) >= 11 is 3.07. The average Bonchev–Trinajstić information content (AvgIpc) is 2.38. The Bertz CT molecular complexity index is 827.